The Hall–Kier alpha value is -1.06. The van der Waals surface area contributed by atoms with Crippen LogP contribution < -0.4 is 10.5 Å². The number of rotatable bonds is 5. The summed E-state index contributed by atoms with van der Waals surface area (Å²) in [5.74, 6) is 0.940. The predicted molar refractivity (Wildman–Crippen MR) is 70.0 cm³/mol. The third-order valence-electron chi connectivity index (χ3n) is 3.20. The van der Waals surface area contributed by atoms with Gasteiger partial charge in [0.15, 0.2) is 0 Å². The minimum Gasteiger partial charge on any atom is -0.493 e. The second-order valence-electron chi connectivity index (χ2n) is 5.25. The van der Waals surface area contributed by atoms with Crippen molar-refractivity contribution in [3.05, 3.63) is 29.3 Å². The van der Waals surface area contributed by atoms with E-state index in [1.54, 1.807) is 0 Å². The van der Waals surface area contributed by atoms with Crippen molar-refractivity contribution in [3.8, 4) is 5.75 Å². The van der Waals surface area contributed by atoms with E-state index in [-0.39, 0.29) is 5.41 Å². The Kier molecular flexibility index (Phi) is 4.54. The monoisotopic (exact) mass is 237 g/mol. The average Bonchev–Trinajstić information content (AvgIpc) is 2.22. The molecule has 0 aromatic heterocycles. The number of benzene rings is 1. The molecule has 1 rings (SSSR count). The van der Waals surface area contributed by atoms with Crippen molar-refractivity contribution in [2.24, 2.45) is 11.1 Å². The molecule has 0 saturated heterocycles. The highest BCUT2D eigenvalue weighted by molar-refractivity contribution is 5.39. The zero-order valence-corrected chi connectivity index (χ0v) is 11.2. The van der Waals surface area contributed by atoms with E-state index in [1.165, 1.54) is 0 Å². The van der Waals surface area contributed by atoms with E-state index < -0.39 is 6.23 Å². The summed E-state index contributed by atoms with van der Waals surface area (Å²) in [4.78, 5) is 0. The molecule has 1 aromatic carbocycles. The Morgan fingerprint density at radius 3 is 2.29 bits per heavy atom. The second kappa shape index (κ2) is 5.52. The molecule has 0 aliphatic rings. The highest BCUT2D eigenvalue weighted by Gasteiger charge is 2.24. The van der Waals surface area contributed by atoms with Gasteiger partial charge in [0.25, 0.3) is 0 Å². The van der Waals surface area contributed by atoms with E-state index in [1.807, 2.05) is 45.9 Å². The molecule has 0 spiro atoms. The van der Waals surface area contributed by atoms with Crippen molar-refractivity contribution in [2.75, 3.05) is 6.61 Å². The summed E-state index contributed by atoms with van der Waals surface area (Å²) in [5.41, 5.74) is 7.46. The highest BCUT2D eigenvalue weighted by Crippen LogP contribution is 2.26. The molecule has 1 aromatic rings. The maximum atomic E-state index is 9.41. The number of aliphatic hydroxyl groups is 1. The maximum absolute atomic E-state index is 9.41. The van der Waals surface area contributed by atoms with Crippen LogP contribution in [0.5, 0.6) is 5.75 Å². The van der Waals surface area contributed by atoms with Crippen LogP contribution in [0.2, 0.25) is 0 Å². The first-order valence-electron chi connectivity index (χ1n) is 5.97. The molecular formula is C14H23NO2. The van der Waals surface area contributed by atoms with Gasteiger partial charge in [-0.05, 0) is 31.4 Å². The normalized spacial score (nSPS) is 13.5. The van der Waals surface area contributed by atoms with Crippen LogP contribution in [0.1, 0.15) is 31.4 Å². The summed E-state index contributed by atoms with van der Waals surface area (Å²) in [5, 5.41) is 9.41. The zero-order chi connectivity index (χ0) is 13.1. The molecule has 0 radical (unpaired) electrons. The first kappa shape index (κ1) is 14.0. The van der Waals surface area contributed by atoms with Gasteiger partial charge in [-0.3, -0.25) is 0 Å². The van der Waals surface area contributed by atoms with Crippen LogP contribution in [-0.4, -0.2) is 17.9 Å². The van der Waals surface area contributed by atoms with E-state index >= 15 is 0 Å². The predicted octanol–water partition coefficient (Wildman–Crippen LogP) is 2.38. The number of nitrogens with two attached hydrogens (primary N) is 1. The van der Waals surface area contributed by atoms with Crippen molar-refractivity contribution in [1.82, 2.24) is 0 Å². The van der Waals surface area contributed by atoms with Gasteiger partial charge in [0, 0.05) is 5.41 Å². The fraction of sp³-hybridized carbons (Fsp3) is 0.571. The fourth-order valence-corrected chi connectivity index (χ4v) is 1.59. The molecule has 3 heteroatoms. The second-order valence-corrected chi connectivity index (χ2v) is 5.25. The van der Waals surface area contributed by atoms with E-state index in [0.29, 0.717) is 6.61 Å². The number of para-hydroxylation sites is 1. The number of aliphatic hydroxyl groups excluding tert-OH is 1. The summed E-state index contributed by atoms with van der Waals surface area (Å²) in [6.45, 7) is 8.50. The summed E-state index contributed by atoms with van der Waals surface area (Å²) >= 11 is 0. The van der Waals surface area contributed by atoms with Gasteiger partial charge in [0.05, 0.1) is 6.61 Å². The minimum atomic E-state index is -0.816. The molecule has 17 heavy (non-hydrogen) atoms. The largest absolute Gasteiger partial charge is 0.493 e. The summed E-state index contributed by atoms with van der Waals surface area (Å²) in [6.07, 6.45) is -0.0950. The molecule has 3 N–H and O–H groups in total. The van der Waals surface area contributed by atoms with Crippen molar-refractivity contribution in [1.29, 1.82) is 0 Å². The number of hydrogen-bond acceptors (Lipinski definition) is 3. The van der Waals surface area contributed by atoms with Crippen molar-refractivity contribution in [3.63, 3.8) is 0 Å². The molecule has 0 aliphatic heterocycles. The van der Waals surface area contributed by atoms with Gasteiger partial charge in [-0.2, -0.15) is 0 Å². The molecule has 0 bridgehead atoms. The summed E-state index contributed by atoms with van der Waals surface area (Å²) in [6, 6.07) is 6.08. The first-order chi connectivity index (χ1) is 7.84. The average molecular weight is 237 g/mol. The maximum Gasteiger partial charge on any atom is 0.125 e. The molecule has 0 heterocycles. The molecule has 1 atom stereocenters. The molecular weight excluding hydrogens is 214 g/mol. The quantitative estimate of drug-likeness (QED) is 0.773. The fourth-order valence-electron chi connectivity index (χ4n) is 1.59. The van der Waals surface area contributed by atoms with Crippen LogP contribution in [0.15, 0.2) is 18.2 Å². The smallest absolute Gasteiger partial charge is 0.125 e. The topological polar surface area (TPSA) is 55.5 Å². The number of hydrogen-bond donors (Lipinski definition) is 2. The number of aryl methyl sites for hydroxylation is 2. The molecule has 1 unspecified atom stereocenters. The van der Waals surface area contributed by atoms with Crippen LogP contribution in [0.4, 0.5) is 0 Å². The lowest BCUT2D eigenvalue weighted by Gasteiger charge is -2.27. The van der Waals surface area contributed by atoms with Gasteiger partial charge in [0.2, 0.25) is 0 Å². The van der Waals surface area contributed by atoms with E-state index in [0.717, 1.165) is 23.3 Å². The first-order valence-corrected chi connectivity index (χ1v) is 5.97. The van der Waals surface area contributed by atoms with Crippen molar-refractivity contribution < 1.29 is 9.84 Å². The van der Waals surface area contributed by atoms with Crippen LogP contribution in [0.3, 0.4) is 0 Å². The van der Waals surface area contributed by atoms with Gasteiger partial charge in [-0.25, -0.2) is 0 Å². The Morgan fingerprint density at radius 2 is 1.82 bits per heavy atom. The van der Waals surface area contributed by atoms with Gasteiger partial charge in [-0.1, -0.05) is 32.0 Å². The van der Waals surface area contributed by atoms with Crippen LogP contribution in [-0.2, 0) is 0 Å². The molecule has 0 saturated carbocycles. The van der Waals surface area contributed by atoms with Crippen LogP contribution in [0, 0.1) is 19.3 Å². The molecule has 3 nitrogen and oxygen atoms in total. The van der Waals surface area contributed by atoms with Crippen molar-refractivity contribution in [2.45, 2.75) is 40.3 Å². The van der Waals surface area contributed by atoms with Gasteiger partial charge in [0.1, 0.15) is 12.0 Å². The Labute approximate surface area is 104 Å². The molecule has 0 fully saturated rings. The van der Waals surface area contributed by atoms with E-state index in [2.05, 4.69) is 0 Å². The van der Waals surface area contributed by atoms with Gasteiger partial charge < -0.3 is 15.6 Å². The Morgan fingerprint density at radius 1 is 1.29 bits per heavy atom. The van der Waals surface area contributed by atoms with Crippen LogP contribution >= 0.6 is 0 Å². The third kappa shape index (κ3) is 3.72. The molecule has 0 amide bonds. The number of ether oxygens (including phenoxy) is 1. The van der Waals surface area contributed by atoms with Gasteiger partial charge in [-0.15, -0.1) is 0 Å². The Bertz CT molecular complexity index is 352. The van der Waals surface area contributed by atoms with E-state index in [4.69, 9.17) is 10.5 Å². The van der Waals surface area contributed by atoms with Crippen molar-refractivity contribution >= 4 is 0 Å². The van der Waals surface area contributed by atoms with Gasteiger partial charge >= 0.3 is 0 Å². The summed E-state index contributed by atoms with van der Waals surface area (Å²) < 4.78 is 5.79. The van der Waals surface area contributed by atoms with E-state index in [9.17, 15) is 5.11 Å². The molecule has 96 valence electrons. The highest BCUT2D eigenvalue weighted by atomic mass is 16.5. The lowest BCUT2D eigenvalue weighted by molar-refractivity contribution is 0.0392. The lowest BCUT2D eigenvalue weighted by atomic mass is 9.88. The Balaban J connectivity index is 2.57. The standard InChI is InChI=1S/C14H23NO2/c1-10-6-5-7-11(2)12(10)17-9-8-14(3,4)13(15)16/h5-7,13,16H,8-9,15H2,1-4H3. The zero-order valence-electron chi connectivity index (χ0n) is 11.2. The summed E-state index contributed by atoms with van der Waals surface area (Å²) in [7, 11) is 0. The SMILES string of the molecule is Cc1cccc(C)c1OCCC(C)(C)C(N)O. The molecule has 0 aliphatic carbocycles. The van der Waals surface area contributed by atoms with Crippen LogP contribution in [0.25, 0.3) is 0 Å². The minimum absolute atomic E-state index is 0.323. The third-order valence-corrected chi connectivity index (χ3v) is 3.20. The lowest BCUT2D eigenvalue weighted by Crippen LogP contribution is -2.38.